The first-order chi connectivity index (χ1) is 13.0. The van der Waals surface area contributed by atoms with E-state index in [1.807, 2.05) is 31.2 Å². The number of ether oxygens (including phenoxy) is 1. The van der Waals surface area contributed by atoms with E-state index in [1.165, 1.54) is 6.07 Å². The van der Waals surface area contributed by atoms with Gasteiger partial charge in [0.2, 0.25) is 5.91 Å². The molecule has 0 radical (unpaired) electrons. The van der Waals surface area contributed by atoms with Gasteiger partial charge in [-0.3, -0.25) is 9.59 Å². The van der Waals surface area contributed by atoms with E-state index < -0.39 is 0 Å². The highest BCUT2D eigenvalue weighted by Crippen LogP contribution is 2.20. The Balaban J connectivity index is 1.76. The Labute approximate surface area is 161 Å². The van der Waals surface area contributed by atoms with Gasteiger partial charge in [-0.1, -0.05) is 17.7 Å². The number of carbonyl (C=O) groups is 1. The molecule has 6 nitrogen and oxygen atoms in total. The molecule has 27 heavy (non-hydrogen) atoms. The number of nitrogens with zero attached hydrogens (tertiary/aromatic N) is 2. The molecule has 0 unspecified atom stereocenters. The number of anilines is 1. The van der Waals surface area contributed by atoms with Crippen LogP contribution in [0.1, 0.15) is 6.92 Å². The van der Waals surface area contributed by atoms with Gasteiger partial charge in [-0.15, -0.1) is 0 Å². The number of nitrogens with one attached hydrogen (secondary N) is 1. The summed E-state index contributed by atoms with van der Waals surface area (Å²) < 4.78 is 6.55. The zero-order chi connectivity index (χ0) is 19.2. The van der Waals surface area contributed by atoms with Crippen molar-refractivity contribution in [3.8, 4) is 17.0 Å². The molecule has 7 heteroatoms. The second-order valence-corrected chi connectivity index (χ2v) is 6.17. The summed E-state index contributed by atoms with van der Waals surface area (Å²) in [7, 11) is 0. The molecule has 0 saturated carbocycles. The van der Waals surface area contributed by atoms with E-state index in [2.05, 4.69) is 10.4 Å². The standard InChI is InChI=1S/C20H18ClN3O3/c1-2-27-17-8-6-14(7-9-17)18-10-11-20(26)24(23-18)13-19(25)22-16-5-3-4-15(21)12-16/h3-12H,2,13H2,1H3,(H,22,25). The number of hydrogen-bond donors (Lipinski definition) is 1. The van der Waals surface area contributed by atoms with Crippen LogP contribution in [0, 0.1) is 0 Å². The van der Waals surface area contributed by atoms with Crippen LogP contribution in [0.3, 0.4) is 0 Å². The first-order valence-corrected chi connectivity index (χ1v) is 8.80. The number of hydrogen-bond acceptors (Lipinski definition) is 4. The van der Waals surface area contributed by atoms with Crippen LogP contribution in [0.4, 0.5) is 5.69 Å². The Hall–Kier alpha value is -3.12. The first kappa shape index (κ1) is 18.7. The van der Waals surface area contributed by atoms with E-state index >= 15 is 0 Å². The summed E-state index contributed by atoms with van der Waals surface area (Å²) in [5.41, 5.74) is 1.62. The molecule has 3 rings (SSSR count). The molecule has 0 aliphatic heterocycles. The summed E-state index contributed by atoms with van der Waals surface area (Å²) >= 11 is 5.91. The number of rotatable bonds is 6. The summed E-state index contributed by atoms with van der Waals surface area (Å²) in [6.07, 6.45) is 0. The predicted molar refractivity (Wildman–Crippen MR) is 105 cm³/mol. The Morgan fingerprint density at radius 3 is 2.63 bits per heavy atom. The van der Waals surface area contributed by atoms with Gasteiger partial charge >= 0.3 is 0 Å². The maximum Gasteiger partial charge on any atom is 0.267 e. The van der Waals surface area contributed by atoms with Crippen LogP contribution in [-0.4, -0.2) is 22.3 Å². The van der Waals surface area contributed by atoms with E-state index in [0.717, 1.165) is 16.0 Å². The van der Waals surface area contributed by atoms with Crippen molar-refractivity contribution in [3.05, 3.63) is 76.0 Å². The van der Waals surface area contributed by atoms with Gasteiger partial charge in [0, 0.05) is 22.3 Å². The molecular weight excluding hydrogens is 366 g/mol. The maximum absolute atomic E-state index is 12.2. The predicted octanol–water partition coefficient (Wildman–Crippen LogP) is 3.60. The van der Waals surface area contributed by atoms with Gasteiger partial charge in [0.05, 0.1) is 12.3 Å². The minimum atomic E-state index is -0.365. The highest BCUT2D eigenvalue weighted by Gasteiger charge is 2.09. The number of carbonyl (C=O) groups excluding carboxylic acids is 1. The minimum Gasteiger partial charge on any atom is -0.494 e. The average Bonchev–Trinajstić information content (AvgIpc) is 2.64. The van der Waals surface area contributed by atoms with E-state index in [-0.39, 0.29) is 18.0 Å². The summed E-state index contributed by atoms with van der Waals surface area (Å²) in [6, 6.07) is 17.2. The largest absolute Gasteiger partial charge is 0.494 e. The lowest BCUT2D eigenvalue weighted by molar-refractivity contribution is -0.117. The highest BCUT2D eigenvalue weighted by atomic mass is 35.5. The molecule has 3 aromatic rings. The Morgan fingerprint density at radius 1 is 1.15 bits per heavy atom. The SMILES string of the molecule is CCOc1ccc(-c2ccc(=O)n(CC(=O)Nc3cccc(Cl)c3)n2)cc1. The Morgan fingerprint density at radius 2 is 1.93 bits per heavy atom. The zero-order valence-electron chi connectivity index (χ0n) is 14.7. The summed E-state index contributed by atoms with van der Waals surface area (Å²) in [6.45, 7) is 2.31. The van der Waals surface area contributed by atoms with Crippen molar-refractivity contribution in [3.63, 3.8) is 0 Å². The van der Waals surface area contributed by atoms with Gasteiger partial charge in [0.15, 0.2) is 0 Å². The average molecular weight is 384 g/mol. The van der Waals surface area contributed by atoms with Crippen molar-refractivity contribution < 1.29 is 9.53 Å². The maximum atomic E-state index is 12.2. The lowest BCUT2D eigenvalue weighted by Crippen LogP contribution is -2.29. The number of amides is 1. The molecule has 1 aromatic heterocycles. The van der Waals surface area contributed by atoms with Gasteiger partial charge in [-0.05, 0) is 55.5 Å². The van der Waals surface area contributed by atoms with Crippen molar-refractivity contribution in [2.45, 2.75) is 13.5 Å². The zero-order valence-corrected chi connectivity index (χ0v) is 15.4. The lowest BCUT2D eigenvalue weighted by atomic mass is 10.1. The van der Waals surface area contributed by atoms with E-state index in [0.29, 0.717) is 23.0 Å². The fourth-order valence-corrected chi connectivity index (χ4v) is 2.70. The number of benzene rings is 2. The van der Waals surface area contributed by atoms with Crippen LogP contribution < -0.4 is 15.6 Å². The fourth-order valence-electron chi connectivity index (χ4n) is 2.51. The van der Waals surface area contributed by atoms with Crippen molar-refractivity contribution in [2.75, 3.05) is 11.9 Å². The van der Waals surface area contributed by atoms with Crippen molar-refractivity contribution in [1.82, 2.24) is 9.78 Å². The third-order valence-electron chi connectivity index (χ3n) is 3.73. The van der Waals surface area contributed by atoms with Crippen molar-refractivity contribution in [2.24, 2.45) is 0 Å². The van der Waals surface area contributed by atoms with Gasteiger partial charge in [-0.2, -0.15) is 5.10 Å². The van der Waals surface area contributed by atoms with Gasteiger partial charge in [0.1, 0.15) is 12.3 Å². The molecule has 0 aliphatic rings. The molecule has 0 atom stereocenters. The van der Waals surface area contributed by atoms with Crippen LogP contribution in [0.2, 0.25) is 5.02 Å². The smallest absolute Gasteiger partial charge is 0.267 e. The first-order valence-electron chi connectivity index (χ1n) is 8.42. The van der Waals surface area contributed by atoms with Crippen LogP contribution in [0.15, 0.2) is 65.5 Å². The Kier molecular flexibility index (Phi) is 5.88. The molecule has 0 aliphatic carbocycles. The van der Waals surface area contributed by atoms with E-state index in [9.17, 15) is 9.59 Å². The molecular formula is C20H18ClN3O3. The Bertz CT molecular complexity index is 1000. The molecule has 1 N–H and O–H groups in total. The summed E-state index contributed by atoms with van der Waals surface area (Å²) in [4.78, 5) is 24.3. The highest BCUT2D eigenvalue weighted by molar-refractivity contribution is 6.30. The van der Waals surface area contributed by atoms with E-state index in [4.69, 9.17) is 16.3 Å². The van der Waals surface area contributed by atoms with E-state index in [1.54, 1.807) is 30.3 Å². The molecule has 0 spiro atoms. The number of aromatic nitrogens is 2. The van der Waals surface area contributed by atoms with Crippen LogP contribution in [0.25, 0.3) is 11.3 Å². The molecule has 0 saturated heterocycles. The second kappa shape index (κ2) is 8.51. The number of halogens is 1. The summed E-state index contributed by atoms with van der Waals surface area (Å²) in [5, 5.41) is 7.51. The molecule has 0 fully saturated rings. The van der Waals surface area contributed by atoms with Gasteiger partial charge in [-0.25, -0.2) is 4.68 Å². The fraction of sp³-hybridized carbons (Fsp3) is 0.150. The van der Waals surface area contributed by atoms with Gasteiger partial charge < -0.3 is 10.1 Å². The monoisotopic (exact) mass is 383 g/mol. The third-order valence-corrected chi connectivity index (χ3v) is 3.96. The van der Waals surface area contributed by atoms with Crippen molar-refractivity contribution >= 4 is 23.2 Å². The lowest BCUT2D eigenvalue weighted by Gasteiger charge is -2.09. The van der Waals surface area contributed by atoms with Crippen LogP contribution in [-0.2, 0) is 11.3 Å². The minimum absolute atomic E-state index is 0.198. The molecule has 1 amide bonds. The van der Waals surface area contributed by atoms with Gasteiger partial charge in [0.25, 0.3) is 5.56 Å². The molecule has 0 bridgehead atoms. The normalized spacial score (nSPS) is 10.4. The third kappa shape index (κ3) is 4.95. The quantitative estimate of drug-likeness (QED) is 0.705. The van der Waals surface area contributed by atoms with Crippen LogP contribution in [0.5, 0.6) is 5.75 Å². The summed E-state index contributed by atoms with van der Waals surface area (Å²) in [5.74, 6) is 0.395. The van der Waals surface area contributed by atoms with Crippen LogP contribution >= 0.6 is 11.6 Å². The second-order valence-electron chi connectivity index (χ2n) is 5.73. The molecule has 1 heterocycles. The van der Waals surface area contributed by atoms with Crippen molar-refractivity contribution in [1.29, 1.82) is 0 Å². The molecule has 138 valence electrons. The molecule has 2 aromatic carbocycles. The topological polar surface area (TPSA) is 73.2 Å².